The lowest BCUT2D eigenvalue weighted by atomic mass is 9.95. The molecule has 0 radical (unpaired) electrons. The van der Waals surface area contributed by atoms with Gasteiger partial charge in [-0.1, -0.05) is 0 Å². The predicted octanol–water partition coefficient (Wildman–Crippen LogP) is 3.20. The Labute approximate surface area is 152 Å². The third kappa shape index (κ3) is 3.15. The van der Waals surface area contributed by atoms with Crippen molar-refractivity contribution in [1.82, 2.24) is 19.4 Å². The van der Waals surface area contributed by atoms with E-state index >= 15 is 0 Å². The van der Waals surface area contributed by atoms with Gasteiger partial charge in [-0.3, -0.25) is 9.47 Å². The van der Waals surface area contributed by atoms with Crippen molar-refractivity contribution in [3.8, 4) is 5.88 Å². The highest BCUT2D eigenvalue weighted by atomic mass is 32.2. The van der Waals surface area contributed by atoms with Crippen LogP contribution >= 0.6 is 11.8 Å². The van der Waals surface area contributed by atoms with E-state index in [0.29, 0.717) is 11.8 Å². The molecule has 0 N–H and O–H groups in total. The van der Waals surface area contributed by atoms with E-state index in [1.165, 1.54) is 12.8 Å². The minimum absolute atomic E-state index is 0.374. The fourth-order valence-electron chi connectivity index (χ4n) is 3.55. The van der Waals surface area contributed by atoms with Crippen molar-refractivity contribution >= 4 is 18.0 Å². The van der Waals surface area contributed by atoms with Gasteiger partial charge >= 0.3 is 0 Å². The molecule has 2 fully saturated rings. The molecule has 0 spiro atoms. The second-order valence-corrected chi connectivity index (χ2v) is 8.34. The summed E-state index contributed by atoms with van der Waals surface area (Å²) < 4.78 is 7.98. The van der Waals surface area contributed by atoms with Crippen LogP contribution in [0.15, 0.2) is 23.0 Å². The van der Waals surface area contributed by atoms with Gasteiger partial charge in [-0.15, -0.1) is 11.8 Å². The molecule has 2 aromatic rings. The van der Waals surface area contributed by atoms with Gasteiger partial charge in [0, 0.05) is 37.3 Å². The van der Waals surface area contributed by atoms with Crippen LogP contribution in [0.4, 0.5) is 0 Å². The Morgan fingerprint density at radius 1 is 1.24 bits per heavy atom. The molecule has 2 aromatic heterocycles. The fourth-order valence-corrected chi connectivity index (χ4v) is 4.08. The SMILES string of the molecule is CSC(C)(C=O)N1CCC(c2nccn2-c2cnc(C3CC3)o2)CC1. The van der Waals surface area contributed by atoms with Gasteiger partial charge in [0.2, 0.25) is 5.88 Å². The van der Waals surface area contributed by atoms with Crippen molar-refractivity contribution in [3.63, 3.8) is 0 Å². The van der Waals surface area contributed by atoms with E-state index in [1.807, 2.05) is 36.3 Å². The number of likely N-dealkylation sites (tertiary alicyclic amines) is 1. The van der Waals surface area contributed by atoms with Crippen LogP contribution in [0.5, 0.6) is 0 Å². The van der Waals surface area contributed by atoms with Crippen molar-refractivity contribution in [2.24, 2.45) is 0 Å². The number of oxazole rings is 1. The van der Waals surface area contributed by atoms with Gasteiger partial charge in [0.15, 0.2) is 5.89 Å². The third-order valence-electron chi connectivity index (χ3n) is 5.46. The minimum atomic E-state index is -0.426. The molecule has 2 aliphatic rings. The first-order chi connectivity index (χ1) is 12.1. The summed E-state index contributed by atoms with van der Waals surface area (Å²) in [7, 11) is 0. The summed E-state index contributed by atoms with van der Waals surface area (Å²) in [5.41, 5.74) is 0. The van der Waals surface area contributed by atoms with Crippen LogP contribution in [0.3, 0.4) is 0 Å². The van der Waals surface area contributed by atoms with Gasteiger partial charge < -0.3 is 9.21 Å². The van der Waals surface area contributed by atoms with Crippen LogP contribution in [-0.2, 0) is 4.79 Å². The number of aromatic nitrogens is 3. The molecule has 1 aliphatic heterocycles. The highest BCUT2D eigenvalue weighted by molar-refractivity contribution is 8.00. The monoisotopic (exact) mass is 360 g/mol. The molecule has 1 aliphatic carbocycles. The number of carbonyl (C=O) groups is 1. The number of aldehydes is 1. The van der Waals surface area contributed by atoms with E-state index in [0.717, 1.165) is 49.8 Å². The van der Waals surface area contributed by atoms with E-state index in [2.05, 4.69) is 14.9 Å². The molecule has 3 heterocycles. The number of nitrogens with zero attached hydrogens (tertiary/aromatic N) is 4. The summed E-state index contributed by atoms with van der Waals surface area (Å²) >= 11 is 1.60. The topological polar surface area (TPSA) is 64.2 Å². The van der Waals surface area contributed by atoms with Crippen LogP contribution in [0.2, 0.25) is 0 Å². The number of hydrogen-bond acceptors (Lipinski definition) is 6. The highest BCUT2D eigenvalue weighted by Gasteiger charge is 2.35. The van der Waals surface area contributed by atoms with E-state index in [9.17, 15) is 4.79 Å². The zero-order chi connectivity index (χ0) is 17.4. The maximum absolute atomic E-state index is 11.5. The average molecular weight is 360 g/mol. The number of hydrogen-bond donors (Lipinski definition) is 0. The molecule has 6 nitrogen and oxygen atoms in total. The van der Waals surface area contributed by atoms with Crippen molar-refractivity contribution in [2.45, 2.75) is 49.3 Å². The lowest BCUT2D eigenvalue weighted by Crippen LogP contribution is -2.48. The lowest BCUT2D eigenvalue weighted by Gasteiger charge is -2.40. The quantitative estimate of drug-likeness (QED) is 0.737. The number of carbonyl (C=O) groups excluding carboxylic acids is 1. The maximum Gasteiger partial charge on any atom is 0.225 e. The van der Waals surface area contributed by atoms with E-state index in [1.54, 1.807) is 11.8 Å². The van der Waals surface area contributed by atoms with Gasteiger partial charge in [0.25, 0.3) is 0 Å². The Kier molecular flexibility index (Phi) is 4.45. The Balaban J connectivity index is 1.49. The number of thioether (sulfide) groups is 1. The molecule has 7 heteroatoms. The van der Waals surface area contributed by atoms with Crippen LogP contribution < -0.4 is 0 Å². The molecule has 1 saturated carbocycles. The average Bonchev–Trinajstić information content (AvgIpc) is 3.19. The Hall–Kier alpha value is -1.60. The van der Waals surface area contributed by atoms with Crippen LogP contribution in [-0.4, -0.2) is 49.9 Å². The zero-order valence-electron chi connectivity index (χ0n) is 14.7. The fraction of sp³-hybridized carbons (Fsp3) is 0.611. The molecule has 1 saturated heterocycles. The number of piperidine rings is 1. The van der Waals surface area contributed by atoms with Crippen molar-refractivity contribution in [3.05, 3.63) is 30.3 Å². The normalized spacial score (nSPS) is 22.0. The first kappa shape index (κ1) is 16.8. The molecule has 0 aromatic carbocycles. The molecule has 25 heavy (non-hydrogen) atoms. The second kappa shape index (κ2) is 6.61. The Morgan fingerprint density at radius 3 is 2.64 bits per heavy atom. The summed E-state index contributed by atoms with van der Waals surface area (Å²) in [6.45, 7) is 3.80. The van der Waals surface area contributed by atoms with Crippen LogP contribution in [0.1, 0.15) is 56.2 Å². The Bertz CT molecular complexity index is 746. The number of rotatable bonds is 6. The van der Waals surface area contributed by atoms with Gasteiger partial charge in [-0.05, 0) is 38.9 Å². The predicted molar refractivity (Wildman–Crippen MR) is 97.1 cm³/mol. The van der Waals surface area contributed by atoms with Crippen molar-refractivity contribution < 1.29 is 9.21 Å². The van der Waals surface area contributed by atoms with Gasteiger partial charge in [-0.2, -0.15) is 0 Å². The van der Waals surface area contributed by atoms with Gasteiger partial charge in [0.1, 0.15) is 17.0 Å². The molecular weight excluding hydrogens is 336 g/mol. The second-order valence-electron chi connectivity index (χ2n) is 7.10. The summed E-state index contributed by atoms with van der Waals surface area (Å²) in [4.78, 5) is 22.3. The first-order valence-corrected chi connectivity index (χ1v) is 10.1. The molecular formula is C18H24N4O2S. The summed E-state index contributed by atoms with van der Waals surface area (Å²) in [5.74, 6) is 3.54. The van der Waals surface area contributed by atoms with Crippen molar-refractivity contribution in [2.75, 3.05) is 19.3 Å². The van der Waals surface area contributed by atoms with E-state index in [4.69, 9.17) is 4.42 Å². The largest absolute Gasteiger partial charge is 0.424 e. The zero-order valence-corrected chi connectivity index (χ0v) is 15.5. The maximum atomic E-state index is 11.5. The smallest absolute Gasteiger partial charge is 0.225 e. The molecule has 1 atom stereocenters. The molecule has 134 valence electrons. The van der Waals surface area contributed by atoms with Gasteiger partial charge in [-0.25, -0.2) is 9.97 Å². The van der Waals surface area contributed by atoms with Crippen molar-refractivity contribution in [1.29, 1.82) is 0 Å². The van der Waals surface area contributed by atoms with Crippen LogP contribution in [0, 0.1) is 0 Å². The standard InChI is InChI=1S/C18H24N4O2S/c1-18(12-23,25-2)21-8-5-13(6-9-21)16-19-7-10-22(16)15-11-20-17(24-15)14-3-4-14/h7,10-14H,3-6,8-9H2,1-2H3. The molecule has 4 rings (SSSR count). The lowest BCUT2D eigenvalue weighted by molar-refractivity contribution is -0.113. The highest BCUT2D eigenvalue weighted by Crippen LogP contribution is 2.40. The molecule has 1 unspecified atom stereocenters. The molecule has 0 amide bonds. The summed E-state index contributed by atoms with van der Waals surface area (Å²) in [5, 5.41) is 0. The first-order valence-electron chi connectivity index (χ1n) is 8.90. The Morgan fingerprint density at radius 2 is 2.00 bits per heavy atom. The summed E-state index contributed by atoms with van der Waals surface area (Å²) in [6, 6.07) is 0. The van der Waals surface area contributed by atoms with E-state index in [-0.39, 0.29) is 0 Å². The van der Waals surface area contributed by atoms with Gasteiger partial charge in [0.05, 0.1) is 6.20 Å². The van der Waals surface area contributed by atoms with Crippen LogP contribution in [0.25, 0.3) is 5.88 Å². The third-order valence-corrected chi connectivity index (χ3v) is 6.65. The minimum Gasteiger partial charge on any atom is -0.424 e. The summed E-state index contributed by atoms with van der Waals surface area (Å²) in [6.07, 6.45) is 13.0. The number of imidazole rings is 1. The van der Waals surface area contributed by atoms with E-state index < -0.39 is 4.87 Å². The molecule has 0 bridgehead atoms.